The van der Waals surface area contributed by atoms with Gasteiger partial charge in [0.25, 0.3) is 5.91 Å². The molecule has 6 nitrogen and oxygen atoms in total. The summed E-state index contributed by atoms with van der Waals surface area (Å²) in [7, 11) is 0. The maximum absolute atomic E-state index is 12.6. The molecule has 4 rings (SSSR count). The Morgan fingerprint density at radius 2 is 2.04 bits per heavy atom. The van der Waals surface area contributed by atoms with Gasteiger partial charge in [0.1, 0.15) is 11.5 Å². The van der Waals surface area contributed by atoms with Crippen LogP contribution in [0.25, 0.3) is 10.9 Å². The number of hydrogen-bond donors (Lipinski definition) is 2. The Labute approximate surface area is 143 Å². The fourth-order valence-corrected chi connectivity index (χ4v) is 2.77. The van der Waals surface area contributed by atoms with Crippen molar-refractivity contribution in [2.75, 3.05) is 5.32 Å². The Morgan fingerprint density at radius 1 is 1.24 bits per heavy atom. The first-order valence-electron chi connectivity index (χ1n) is 7.77. The number of carbonyl (C=O) groups is 2. The van der Waals surface area contributed by atoms with Crippen molar-refractivity contribution in [1.29, 1.82) is 0 Å². The van der Waals surface area contributed by atoms with Crippen LogP contribution < -0.4 is 10.1 Å². The molecule has 25 heavy (non-hydrogen) atoms. The lowest BCUT2D eigenvalue weighted by molar-refractivity contribution is -0.122. The molecule has 0 saturated heterocycles. The van der Waals surface area contributed by atoms with Gasteiger partial charge in [-0.2, -0.15) is 0 Å². The maximum Gasteiger partial charge on any atom is 0.265 e. The Hall–Kier alpha value is -3.41. The van der Waals surface area contributed by atoms with Gasteiger partial charge in [0, 0.05) is 17.1 Å². The van der Waals surface area contributed by atoms with Crippen molar-refractivity contribution in [3.05, 3.63) is 59.8 Å². The van der Waals surface area contributed by atoms with Gasteiger partial charge < -0.3 is 15.2 Å². The molecular weight excluding hydrogens is 320 g/mol. The average Bonchev–Trinajstić information content (AvgIpc) is 2.60. The van der Waals surface area contributed by atoms with Gasteiger partial charge in [0.15, 0.2) is 11.9 Å². The Balaban J connectivity index is 1.78. The van der Waals surface area contributed by atoms with Gasteiger partial charge in [0.05, 0.1) is 16.8 Å². The second kappa shape index (κ2) is 5.59. The van der Waals surface area contributed by atoms with Crippen molar-refractivity contribution in [3.8, 4) is 11.5 Å². The first-order valence-corrected chi connectivity index (χ1v) is 7.77. The fraction of sp³-hybridized carbons (Fsp3) is 0.105. The zero-order valence-electron chi connectivity index (χ0n) is 13.3. The van der Waals surface area contributed by atoms with E-state index in [1.165, 1.54) is 12.3 Å². The van der Waals surface area contributed by atoms with E-state index in [-0.39, 0.29) is 23.0 Å². The van der Waals surface area contributed by atoms with E-state index in [0.29, 0.717) is 27.9 Å². The van der Waals surface area contributed by atoms with Crippen molar-refractivity contribution >= 4 is 28.3 Å². The Bertz CT molecular complexity index is 1030. The van der Waals surface area contributed by atoms with Crippen molar-refractivity contribution in [3.63, 3.8) is 0 Å². The number of pyridine rings is 1. The predicted molar refractivity (Wildman–Crippen MR) is 92.0 cm³/mol. The largest absolute Gasteiger partial charge is 0.507 e. The summed E-state index contributed by atoms with van der Waals surface area (Å²) in [6, 6.07) is 11.5. The van der Waals surface area contributed by atoms with E-state index in [0.717, 1.165) is 0 Å². The van der Waals surface area contributed by atoms with Crippen LogP contribution in [0.2, 0.25) is 0 Å². The van der Waals surface area contributed by atoms with E-state index in [1.54, 1.807) is 43.3 Å². The average molecular weight is 334 g/mol. The highest BCUT2D eigenvalue weighted by Gasteiger charge is 2.24. The number of rotatable bonds is 2. The number of ketones is 1. The summed E-state index contributed by atoms with van der Waals surface area (Å²) in [6.45, 7) is 1.67. The maximum atomic E-state index is 12.6. The smallest absolute Gasteiger partial charge is 0.265 e. The van der Waals surface area contributed by atoms with Gasteiger partial charge in [-0.15, -0.1) is 0 Å². The molecule has 1 aliphatic rings. The van der Waals surface area contributed by atoms with Crippen LogP contribution in [0.3, 0.4) is 0 Å². The van der Waals surface area contributed by atoms with E-state index in [1.807, 2.05) is 0 Å². The Morgan fingerprint density at radius 3 is 2.84 bits per heavy atom. The number of anilines is 1. The van der Waals surface area contributed by atoms with E-state index >= 15 is 0 Å². The summed E-state index contributed by atoms with van der Waals surface area (Å²) in [5.74, 6) is -0.0579. The lowest BCUT2D eigenvalue weighted by Crippen LogP contribution is -2.34. The summed E-state index contributed by atoms with van der Waals surface area (Å²) in [6.07, 6.45) is 0.876. The Kier molecular flexibility index (Phi) is 3.39. The minimum absolute atomic E-state index is 0.0714. The van der Waals surface area contributed by atoms with Crippen molar-refractivity contribution in [2.45, 2.75) is 13.0 Å². The van der Waals surface area contributed by atoms with Gasteiger partial charge >= 0.3 is 0 Å². The number of ether oxygens (including phenoxy) is 1. The van der Waals surface area contributed by atoms with E-state index < -0.39 is 6.10 Å². The molecule has 6 heteroatoms. The number of aromatic hydroxyl groups is 1. The molecule has 1 amide bonds. The molecule has 2 aromatic carbocycles. The van der Waals surface area contributed by atoms with Crippen LogP contribution in [0.1, 0.15) is 22.8 Å². The second-order valence-corrected chi connectivity index (χ2v) is 5.86. The number of aromatic nitrogens is 1. The number of fused-ring (bicyclic) bond motifs is 2. The predicted octanol–water partition coefficient (Wildman–Crippen LogP) is 2.89. The van der Waals surface area contributed by atoms with Crippen LogP contribution in [-0.2, 0) is 4.79 Å². The van der Waals surface area contributed by atoms with Gasteiger partial charge in [-0.1, -0.05) is 12.1 Å². The van der Waals surface area contributed by atoms with Crippen LogP contribution in [-0.4, -0.2) is 27.9 Å². The number of phenolic OH excluding ortho intramolecular Hbond substituents is 1. The number of hydrogen-bond acceptors (Lipinski definition) is 5. The summed E-state index contributed by atoms with van der Waals surface area (Å²) in [5, 5.41) is 13.3. The zero-order chi connectivity index (χ0) is 17.6. The number of amides is 1. The molecule has 0 bridgehead atoms. The molecular formula is C19H14N2O4. The standard InChI is InChI=1S/C19H14N2O4/c1-10-19(24)21-15-8-14-11(7-17(15)25-10)6-12(9-20-14)18(23)13-4-2-3-5-16(13)22/h2-10,22H,1H3,(H,21,24)/t10-/m0/s1. The number of nitrogens with zero attached hydrogens (tertiary/aromatic N) is 1. The van der Waals surface area contributed by atoms with Crippen LogP contribution >= 0.6 is 0 Å². The molecule has 2 N–H and O–H groups in total. The SMILES string of the molecule is C[C@@H]1Oc2cc3cc(C(=O)c4ccccc4O)cnc3cc2NC1=O. The summed E-state index contributed by atoms with van der Waals surface area (Å²) in [4.78, 5) is 28.6. The molecule has 0 radical (unpaired) electrons. The summed E-state index contributed by atoms with van der Waals surface area (Å²) in [5.41, 5.74) is 1.77. The van der Waals surface area contributed by atoms with E-state index in [9.17, 15) is 14.7 Å². The zero-order valence-corrected chi connectivity index (χ0v) is 13.3. The molecule has 124 valence electrons. The molecule has 0 saturated carbocycles. The molecule has 1 aliphatic heterocycles. The molecule has 1 atom stereocenters. The quantitative estimate of drug-likeness (QED) is 0.704. The molecule has 2 heterocycles. The summed E-state index contributed by atoms with van der Waals surface area (Å²) < 4.78 is 5.59. The van der Waals surface area contributed by atoms with Crippen LogP contribution in [0, 0.1) is 0 Å². The molecule has 3 aromatic rings. The highest BCUT2D eigenvalue weighted by atomic mass is 16.5. The number of para-hydroxylation sites is 1. The lowest BCUT2D eigenvalue weighted by atomic mass is 10.0. The molecule has 0 aliphatic carbocycles. The third kappa shape index (κ3) is 2.57. The van der Waals surface area contributed by atoms with Crippen molar-refractivity contribution in [1.82, 2.24) is 4.98 Å². The van der Waals surface area contributed by atoms with Gasteiger partial charge in [0.2, 0.25) is 0 Å². The van der Waals surface area contributed by atoms with Crippen molar-refractivity contribution in [2.24, 2.45) is 0 Å². The molecule has 0 fully saturated rings. The minimum atomic E-state index is -0.580. The molecule has 0 spiro atoms. The summed E-state index contributed by atoms with van der Waals surface area (Å²) >= 11 is 0. The number of nitrogens with one attached hydrogen (secondary N) is 1. The molecule has 0 unspecified atom stereocenters. The van der Waals surface area contributed by atoms with Gasteiger partial charge in [-0.05, 0) is 37.3 Å². The third-order valence-electron chi connectivity index (χ3n) is 4.12. The highest BCUT2D eigenvalue weighted by Crippen LogP contribution is 2.34. The van der Waals surface area contributed by atoms with Crippen LogP contribution in [0.5, 0.6) is 11.5 Å². The first kappa shape index (κ1) is 15.1. The monoisotopic (exact) mass is 334 g/mol. The number of carbonyl (C=O) groups excluding carboxylic acids is 2. The lowest BCUT2D eigenvalue weighted by Gasteiger charge is -2.23. The normalized spacial score (nSPS) is 16.0. The third-order valence-corrected chi connectivity index (χ3v) is 4.12. The number of phenols is 1. The fourth-order valence-electron chi connectivity index (χ4n) is 2.77. The van der Waals surface area contributed by atoms with Gasteiger partial charge in [-0.25, -0.2) is 0 Å². The van der Waals surface area contributed by atoms with E-state index in [2.05, 4.69) is 10.3 Å². The van der Waals surface area contributed by atoms with Crippen LogP contribution in [0.4, 0.5) is 5.69 Å². The van der Waals surface area contributed by atoms with Crippen LogP contribution in [0.15, 0.2) is 48.7 Å². The van der Waals surface area contributed by atoms with Crippen molar-refractivity contribution < 1.29 is 19.4 Å². The first-order chi connectivity index (χ1) is 12.0. The topological polar surface area (TPSA) is 88.5 Å². The number of benzene rings is 2. The second-order valence-electron chi connectivity index (χ2n) is 5.86. The highest BCUT2D eigenvalue weighted by molar-refractivity contribution is 6.12. The van der Waals surface area contributed by atoms with E-state index in [4.69, 9.17) is 4.74 Å². The van der Waals surface area contributed by atoms with Gasteiger partial charge in [-0.3, -0.25) is 14.6 Å². The minimum Gasteiger partial charge on any atom is -0.507 e. The molecule has 1 aromatic heterocycles.